The second kappa shape index (κ2) is 5.98. The number of ether oxygens (including phenoxy) is 1. The normalized spacial score (nSPS) is 26.2. The van der Waals surface area contributed by atoms with E-state index in [4.69, 9.17) is 4.74 Å². The van der Waals surface area contributed by atoms with Crippen LogP contribution in [0.4, 0.5) is 0 Å². The van der Waals surface area contributed by atoms with Crippen LogP contribution in [0.2, 0.25) is 0 Å². The van der Waals surface area contributed by atoms with Crippen molar-refractivity contribution in [1.29, 1.82) is 0 Å². The Labute approximate surface area is 126 Å². The molecule has 20 heavy (non-hydrogen) atoms. The van der Waals surface area contributed by atoms with Crippen LogP contribution in [0.25, 0.3) is 0 Å². The second-order valence-electron chi connectivity index (χ2n) is 6.39. The maximum atomic E-state index is 5.80. The maximum Gasteiger partial charge on any atom is 0.120 e. The topological polar surface area (TPSA) is 12.5 Å². The van der Waals surface area contributed by atoms with Gasteiger partial charge in [0.15, 0.2) is 0 Å². The van der Waals surface area contributed by atoms with Gasteiger partial charge in [0.25, 0.3) is 0 Å². The third-order valence-electron chi connectivity index (χ3n) is 4.46. The molecule has 0 aromatic heterocycles. The molecule has 0 bridgehead atoms. The van der Waals surface area contributed by atoms with E-state index in [1.165, 1.54) is 36.5 Å². The number of thioether (sulfide) groups is 1. The lowest BCUT2D eigenvalue weighted by molar-refractivity contribution is 0.241. The lowest BCUT2D eigenvalue weighted by atomic mass is 9.93. The fraction of sp³-hybridized carbons (Fsp3) is 0.647. The fourth-order valence-electron chi connectivity index (χ4n) is 3.40. The van der Waals surface area contributed by atoms with Gasteiger partial charge in [0, 0.05) is 16.7 Å². The van der Waals surface area contributed by atoms with E-state index in [1.807, 2.05) is 11.8 Å². The maximum absolute atomic E-state index is 5.80. The zero-order chi connectivity index (χ0) is 14.1. The van der Waals surface area contributed by atoms with Gasteiger partial charge >= 0.3 is 0 Å². The van der Waals surface area contributed by atoms with Gasteiger partial charge in [-0.1, -0.05) is 6.07 Å². The van der Waals surface area contributed by atoms with Crippen LogP contribution >= 0.6 is 11.8 Å². The Morgan fingerprint density at radius 3 is 2.95 bits per heavy atom. The molecule has 3 heteroatoms. The summed E-state index contributed by atoms with van der Waals surface area (Å²) < 4.78 is 5.80. The molecule has 1 fully saturated rings. The zero-order valence-electron chi connectivity index (χ0n) is 12.8. The lowest BCUT2D eigenvalue weighted by Gasteiger charge is -2.23. The molecule has 0 aliphatic carbocycles. The summed E-state index contributed by atoms with van der Waals surface area (Å²) >= 11 is 2.00. The summed E-state index contributed by atoms with van der Waals surface area (Å²) in [6.07, 6.45) is 4.32. The van der Waals surface area contributed by atoms with E-state index in [0.29, 0.717) is 0 Å². The van der Waals surface area contributed by atoms with Gasteiger partial charge in [-0.15, -0.1) is 11.8 Å². The summed E-state index contributed by atoms with van der Waals surface area (Å²) in [5.41, 5.74) is 1.55. The van der Waals surface area contributed by atoms with Crippen molar-refractivity contribution in [2.24, 2.45) is 0 Å². The predicted octanol–water partition coefficient (Wildman–Crippen LogP) is 4.15. The van der Waals surface area contributed by atoms with Crippen molar-refractivity contribution in [1.82, 2.24) is 4.90 Å². The summed E-state index contributed by atoms with van der Waals surface area (Å²) in [6, 6.07) is 7.47. The van der Waals surface area contributed by atoms with Crippen LogP contribution < -0.4 is 4.74 Å². The monoisotopic (exact) mass is 291 g/mol. The first kappa shape index (κ1) is 14.3. The average molecular weight is 291 g/mol. The van der Waals surface area contributed by atoms with Crippen LogP contribution in [0.5, 0.6) is 5.75 Å². The average Bonchev–Trinajstić information content (AvgIpc) is 2.97. The number of benzene rings is 1. The predicted molar refractivity (Wildman–Crippen MR) is 85.9 cm³/mol. The Balaban J connectivity index is 1.70. The molecule has 2 aliphatic rings. The molecule has 0 amide bonds. The van der Waals surface area contributed by atoms with Crippen LogP contribution in [0.3, 0.4) is 0 Å². The van der Waals surface area contributed by atoms with Crippen LogP contribution in [-0.2, 0) is 0 Å². The molecule has 110 valence electrons. The highest BCUT2D eigenvalue weighted by molar-refractivity contribution is 7.99. The van der Waals surface area contributed by atoms with Crippen molar-refractivity contribution in [3.63, 3.8) is 0 Å². The number of nitrogens with zero attached hydrogens (tertiary/aromatic N) is 1. The van der Waals surface area contributed by atoms with Crippen molar-refractivity contribution < 1.29 is 4.74 Å². The molecule has 0 unspecified atom stereocenters. The minimum atomic E-state index is 0.252. The third kappa shape index (κ3) is 2.99. The number of hydrogen-bond donors (Lipinski definition) is 0. The standard InChI is InChI=1S/C17H25NOS/c1-12(2)19-15-6-7-16-13(11-20-17(16)10-15)9-14-5-4-8-18(14)3/h6-7,10,12-14H,4-5,8-9,11H2,1-3H3/t13-,14+/m0/s1. The van der Waals surface area contributed by atoms with Crippen LogP contribution in [0.1, 0.15) is 44.6 Å². The summed E-state index contributed by atoms with van der Waals surface area (Å²) in [7, 11) is 2.28. The fourth-order valence-corrected chi connectivity index (χ4v) is 4.70. The van der Waals surface area contributed by atoms with Crippen molar-refractivity contribution in [2.75, 3.05) is 19.3 Å². The Morgan fingerprint density at radius 2 is 2.25 bits per heavy atom. The van der Waals surface area contributed by atoms with Gasteiger partial charge in [0.1, 0.15) is 5.75 Å². The van der Waals surface area contributed by atoms with E-state index in [0.717, 1.165) is 17.7 Å². The lowest BCUT2D eigenvalue weighted by Crippen LogP contribution is -2.26. The Bertz CT molecular complexity index is 474. The molecule has 2 nitrogen and oxygen atoms in total. The summed E-state index contributed by atoms with van der Waals surface area (Å²) in [4.78, 5) is 3.98. The van der Waals surface area contributed by atoms with Crippen molar-refractivity contribution in [3.8, 4) is 5.75 Å². The van der Waals surface area contributed by atoms with E-state index in [2.05, 4.69) is 44.0 Å². The van der Waals surface area contributed by atoms with E-state index in [1.54, 1.807) is 5.56 Å². The second-order valence-corrected chi connectivity index (χ2v) is 7.45. The number of likely N-dealkylation sites (tertiary alicyclic amines) is 1. The molecular formula is C17H25NOS. The number of hydrogen-bond acceptors (Lipinski definition) is 3. The van der Waals surface area contributed by atoms with Gasteiger partial charge in [-0.05, 0) is 70.3 Å². The van der Waals surface area contributed by atoms with Crippen molar-refractivity contribution >= 4 is 11.8 Å². The van der Waals surface area contributed by atoms with E-state index < -0.39 is 0 Å². The van der Waals surface area contributed by atoms with Crippen molar-refractivity contribution in [3.05, 3.63) is 23.8 Å². The minimum Gasteiger partial charge on any atom is -0.491 e. The third-order valence-corrected chi connectivity index (χ3v) is 5.70. The Morgan fingerprint density at radius 1 is 1.40 bits per heavy atom. The Hall–Kier alpha value is -0.670. The number of rotatable bonds is 4. The smallest absolute Gasteiger partial charge is 0.120 e. The van der Waals surface area contributed by atoms with E-state index in [9.17, 15) is 0 Å². The van der Waals surface area contributed by atoms with Crippen molar-refractivity contribution in [2.45, 2.75) is 56.1 Å². The molecule has 2 heterocycles. The van der Waals surface area contributed by atoms with Crippen LogP contribution in [0, 0.1) is 0 Å². The first-order valence-corrected chi connectivity index (χ1v) is 8.75. The summed E-state index contributed by atoms with van der Waals surface area (Å²) in [5.74, 6) is 2.99. The highest BCUT2D eigenvalue weighted by Crippen LogP contribution is 2.44. The first-order valence-electron chi connectivity index (χ1n) is 7.77. The molecule has 0 saturated carbocycles. The van der Waals surface area contributed by atoms with Gasteiger partial charge in [-0.2, -0.15) is 0 Å². The molecule has 3 rings (SSSR count). The zero-order valence-corrected chi connectivity index (χ0v) is 13.6. The molecule has 1 aromatic carbocycles. The van der Waals surface area contributed by atoms with Gasteiger partial charge in [-0.3, -0.25) is 0 Å². The van der Waals surface area contributed by atoms with Crippen LogP contribution in [-0.4, -0.2) is 36.4 Å². The molecule has 2 atom stereocenters. The molecule has 2 aliphatic heterocycles. The molecule has 0 N–H and O–H groups in total. The SMILES string of the molecule is CC(C)Oc1ccc2c(c1)SC[C@@H]2C[C@H]1CCCN1C. The number of fused-ring (bicyclic) bond motifs is 1. The van der Waals surface area contributed by atoms with Crippen LogP contribution in [0.15, 0.2) is 23.1 Å². The molecule has 1 aromatic rings. The van der Waals surface area contributed by atoms with Gasteiger partial charge in [0.2, 0.25) is 0 Å². The summed E-state index contributed by atoms with van der Waals surface area (Å²) in [6.45, 7) is 5.44. The summed E-state index contributed by atoms with van der Waals surface area (Å²) in [5, 5.41) is 0. The molecule has 0 spiro atoms. The minimum absolute atomic E-state index is 0.252. The van der Waals surface area contributed by atoms with Gasteiger partial charge < -0.3 is 9.64 Å². The largest absolute Gasteiger partial charge is 0.491 e. The van der Waals surface area contributed by atoms with Gasteiger partial charge in [-0.25, -0.2) is 0 Å². The quantitative estimate of drug-likeness (QED) is 0.827. The first-order chi connectivity index (χ1) is 9.63. The highest BCUT2D eigenvalue weighted by atomic mass is 32.2. The van der Waals surface area contributed by atoms with Gasteiger partial charge in [0.05, 0.1) is 6.10 Å². The molecule has 1 saturated heterocycles. The Kier molecular flexibility index (Phi) is 4.27. The molecule has 0 radical (unpaired) electrons. The van der Waals surface area contributed by atoms with E-state index >= 15 is 0 Å². The van der Waals surface area contributed by atoms with E-state index in [-0.39, 0.29) is 6.10 Å². The highest BCUT2D eigenvalue weighted by Gasteiger charge is 2.29. The molecular weight excluding hydrogens is 266 g/mol.